The summed E-state index contributed by atoms with van der Waals surface area (Å²) in [5.74, 6) is 0.671. The van der Waals surface area contributed by atoms with Gasteiger partial charge in [0.15, 0.2) is 21.4 Å². The Labute approximate surface area is 182 Å². The zero-order valence-corrected chi connectivity index (χ0v) is 18.8. The van der Waals surface area contributed by atoms with Crippen molar-refractivity contribution in [1.29, 1.82) is 0 Å². The molecule has 0 spiro atoms. The molecule has 1 heterocycles. The average molecular weight is 443 g/mol. The Hall–Kier alpha value is -3.13. The first kappa shape index (κ1) is 22.6. The van der Waals surface area contributed by atoms with E-state index in [-0.39, 0.29) is 23.1 Å². The van der Waals surface area contributed by atoms with Crippen LogP contribution in [0.15, 0.2) is 64.0 Å². The van der Waals surface area contributed by atoms with Crippen molar-refractivity contribution in [1.82, 2.24) is 5.16 Å². The van der Waals surface area contributed by atoms with Gasteiger partial charge >= 0.3 is 0 Å². The Morgan fingerprint density at radius 2 is 1.74 bits per heavy atom. The lowest BCUT2D eigenvalue weighted by atomic mass is 10.1. The number of aromatic nitrogens is 1. The van der Waals surface area contributed by atoms with E-state index in [1.54, 1.807) is 49.6 Å². The smallest absolute Gasteiger partial charge is 0.244 e. The number of aryl methyl sites for hydroxylation is 1. The predicted molar refractivity (Wildman–Crippen MR) is 119 cm³/mol. The Balaban J connectivity index is 1.82. The number of nitrogens with one attached hydrogen (secondary N) is 1. The van der Waals surface area contributed by atoms with Crippen LogP contribution < -0.4 is 10.1 Å². The van der Waals surface area contributed by atoms with Crippen molar-refractivity contribution in [3.8, 4) is 17.1 Å². The van der Waals surface area contributed by atoms with Crippen LogP contribution in [-0.4, -0.2) is 31.8 Å². The molecule has 3 rings (SSSR count). The number of rotatable bonds is 8. The van der Waals surface area contributed by atoms with Gasteiger partial charge in [0, 0.05) is 11.6 Å². The van der Waals surface area contributed by atoms with E-state index in [4.69, 9.17) is 9.26 Å². The van der Waals surface area contributed by atoms with Gasteiger partial charge in [-0.25, -0.2) is 8.42 Å². The fourth-order valence-corrected chi connectivity index (χ4v) is 4.95. The second-order valence-electron chi connectivity index (χ2n) is 7.77. The lowest BCUT2D eigenvalue weighted by molar-refractivity contribution is -0.116. The van der Waals surface area contributed by atoms with Gasteiger partial charge in [0.25, 0.3) is 0 Å². The van der Waals surface area contributed by atoms with Crippen molar-refractivity contribution in [3.05, 3.63) is 60.2 Å². The van der Waals surface area contributed by atoms with Crippen LogP contribution in [-0.2, 0) is 14.6 Å². The number of hydrogen-bond donors (Lipinski definition) is 1. The first-order valence-corrected chi connectivity index (χ1v) is 11.5. The molecule has 0 aliphatic carbocycles. The number of anilines is 1. The molecule has 31 heavy (non-hydrogen) atoms. The molecular formula is C23H26N2O5S. The highest BCUT2D eigenvalue weighted by Gasteiger charge is 2.35. The number of carbonyl (C=O) groups is 1. The summed E-state index contributed by atoms with van der Waals surface area (Å²) in [6.45, 7) is 5.63. The van der Waals surface area contributed by atoms with E-state index in [0.717, 1.165) is 11.1 Å². The van der Waals surface area contributed by atoms with E-state index in [9.17, 15) is 13.2 Å². The van der Waals surface area contributed by atoms with Gasteiger partial charge in [0.2, 0.25) is 5.91 Å². The summed E-state index contributed by atoms with van der Waals surface area (Å²) in [5.41, 5.74) is 1.69. The van der Waals surface area contributed by atoms with E-state index in [2.05, 4.69) is 10.5 Å². The van der Waals surface area contributed by atoms with Gasteiger partial charge in [0.1, 0.15) is 11.0 Å². The number of carbonyl (C=O) groups excluding carboxylic acids is 1. The maximum absolute atomic E-state index is 13.2. The molecule has 0 fully saturated rings. The minimum atomic E-state index is -3.87. The Morgan fingerprint density at radius 3 is 2.32 bits per heavy atom. The lowest BCUT2D eigenvalue weighted by Crippen LogP contribution is -2.36. The molecule has 1 aromatic heterocycles. The summed E-state index contributed by atoms with van der Waals surface area (Å²) < 4.78 is 36.8. The molecular weight excluding hydrogens is 416 g/mol. The molecule has 3 aromatic rings. The molecule has 0 saturated carbocycles. The fourth-order valence-electron chi connectivity index (χ4n) is 3.13. The SMILES string of the molecule is COc1ccc(-c2cc(NC(=O)[C@H](CC(C)C)S(=O)(=O)c3ccc(C)cc3)no2)cc1. The molecule has 1 N–H and O–H groups in total. The van der Waals surface area contributed by atoms with Crippen molar-refractivity contribution >= 4 is 21.6 Å². The van der Waals surface area contributed by atoms with Crippen molar-refractivity contribution in [3.63, 3.8) is 0 Å². The number of hydrogen-bond acceptors (Lipinski definition) is 6. The minimum Gasteiger partial charge on any atom is -0.497 e. The number of nitrogens with zero attached hydrogens (tertiary/aromatic N) is 1. The highest BCUT2D eigenvalue weighted by atomic mass is 32.2. The number of sulfone groups is 1. The maximum atomic E-state index is 13.2. The third-order valence-electron chi connectivity index (χ3n) is 4.84. The van der Waals surface area contributed by atoms with Crippen molar-refractivity contribution in [2.24, 2.45) is 5.92 Å². The topological polar surface area (TPSA) is 98.5 Å². The quantitative estimate of drug-likeness (QED) is 0.552. The molecule has 1 amide bonds. The molecule has 0 aliphatic heterocycles. The summed E-state index contributed by atoms with van der Waals surface area (Å²) in [6.07, 6.45) is 0.186. The van der Waals surface area contributed by atoms with Gasteiger partial charge in [-0.3, -0.25) is 4.79 Å². The third-order valence-corrected chi connectivity index (χ3v) is 6.92. The molecule has 7 nitrogen and oxygen atoms in total. The van der Waals surface area contributed by atoms with E-state index in [0.29, 0.717) is 11.5 Å². The van der Waals surface area contributed by atoms with Gasteiger partial charge < -0.3 is 14.6 Å². The van der Waals surface area contributed by atoms with E-state index in [1.165, 1.54) is 12.1 Å². The summed E-state index contributed by atoms with van der Waals surface area (Å²) in [7, 11) is -2.29. The van der Waals surface area contributed by atoms with Crippen LogP contribution in [0.3, 0.4) is 0 Å². The van der Waals surface area contributed by atoms with Crippen LogP contribution in [0.4, 0.5) is 5.82 Å². The van der Waals surface area contributed by atoms with Crippen LogP contribution in [0.5, 0.6) is 5.75 Å². The summed E-state index contributed by atoms with van der Waals surface area (Å²) in [5, 5.41) is 5.23. The molecule has 8 heteroatoms. The molecule has 0 radical (unpaired) electrons. The first-order chi connectivity index (χ1) is 14.7. The van der Waals surface area contributed by atoms with Crippen molar-refractivity contribution in [2.45, 2.75) is 37.3 Å². The Bertz CT molecular complexity index is 1130. The maximum Gasteiger partial charge on any atom is 0.244 e. The highest BCUT2D eigenvalue weighted by Crippen LogP contribution is 2.26. The van der Waals surface area contributed by atoms with Gasteiger partial charge in [-0.05, 0) is 55.7 Å². The minimum absolute atomic E-state index is 0.00291. The summed E-state index contributed by atoms with van der Waals surface area (Å²) >= 11 is 0. The molecule has 0 bridgehead atoms. The van der Waals surface area contributed by atoms with Crippen molar-refractivity contribution < 1.29 is 22.5 Å². The van der Waals surface area contributed by atoms with Gasteiger partial charge in [-0.1, -0.05) is 36.7 Å². The highest BCUT2D eigenvalue weighted by molar-refractivity contribution is 7.92. The summed E-state index contributed by atoms with van der Waals surface area (Å²) in [4.78, 5) is 13.1. The molecule has 1 atom stereocenters. The molecule has 0 aliphatic rings. The summed E-state index contributed by atoms with van der Waals surface area (Å²) in [6, 6.07) is 15.2. The van der Waals surface area contributed by atoms with Crippen LogP contribution in [0, 0.1) is 12.8 Å². The van der Waals surface area contributed by atoms with Crippen LogP contribution >= 0.6 is 0 Å². The van der Waals surface area contributed by atoms with E-state index in [1.807, 2.05) is 20.8 Å². The zero-order chi connectivity index (χ0) is 22.6. The number of methoxy groups -OCH3 is 1. The third kappa shape index (κ3) is 5.32. The van der Waals surface area contributed by atoms with Gasteiger partial charge in [-0.15, -0.1) is 0 Å². The first-order valence-electron chi connectivity index (χ1n) is 9.93. The number of benzene rings is 2. The monoisotopic (exact) mass is 442 g/mol. The Morgan fingerprint density at radius 1 is 1.10 bits per heavy atom. The van der Waals surface area contributed by atoms with Crippen molar-refractivity contribution in [2.75, 3.05) is 12.4 Å². The van der Waals surface area contributed by atoms with Gasteiger partial charge in [0.05, 0.1) is 12.0 Å². The second-order valence-corrected chi connectivity index (χ2v) is 9.90. The van der Waals surface area contributed by atoms with Crippen LogP contribution in [0.2, 0.25) is 0 Å². The average Bonchev–Trinajstić information content (AvgIpc) is 3.20. The predicted octanol–water partition coefficient (Wildman–Crippen LogP) is 4.49. The zero-order valence-electron chi connectivity index (χ0n) is 18.0. The Kier molecular flexibility index (Phi) is 6.80. The lowest BCUT2D eigenvalue weighted by Gasteiger charge is -2.18. The van der Waals surface area contributed by atoms with E-state index < -0.39 is 21.0 Å². The number of amides is 1. The normalized spacial score (nSPS) is 12.5. The standard InChI is InChI=1S/C23H26N2O5S/c1-15(2)13-21(31(27,28)19-11-5-16(3)6-12-19)23(26)24-22-14-20(30-25-22)17-7-9-18(29-4)10-8-17/h5-12,14-15,21H,13H2,1-4H3,(H,24,25,26)/t21-/m0/s1. The van der Waals surface area contributed by atoms with Gasteiger partial charge in [-0.2, -0.15) is 0 Å². The molecule has 0 unspecified atom stereocenters. The fraction of sp³-hybridized carbons (Fsp3) is 0.304. The molecule has 2 aromatic carbocycles. The van der Waals surface area contributed by atoms with Crippen LogP contribution in [0.25, 0.3) is 11.3 Å². The second kappa shape index (κ2) is 9.34. The van der Waals surface area contributed by atoms with E-state index >= 15 is 0 Å². The largest absolute Gasteiger partial charge is 0.497 e. The molecule has 0 saturated heterocycles. The van der Waals surface area contributed by atoms with Crippen LogP contribution in [0.1, 0.15) is 25.8 Å². The number of ether oxygens (including phenoxy) is 1. The molecule has 164 valence electrons.